The topological polar surface area (TPSA) is 79.9 Å². The Balaban J connectivity index is 1.40. The Kier molecular flexibility index (Phi) is 7.33. The monoisotopic (exact) mass is 546 g/mol. The summed E-state index contributed by atoms with van der Waals surface area (Å²) in [4.78, 5) is 14.0. The van der Waals surface area contributed by atoms with Crippen LogP contribution in [0.2, 0.25) is 30.7 Å². The fourth-order valence-electron chi connectivity index (χ4n) is 4.08. The van der Waals surface area contributed by atoms with E-state index in [-0.39, 0.29) is 0 Å². The molecule has 0 radical (unpaired) electrons. The van der Waals surface area contributed by atoms with Gasteiger partial charge < -0.3 is 14.0 Å². The van der Waals surface area contributed by atoms with Gasteiger partial charge in [0.2, 0.25) is 0 Å². The van der Waals surface area contributed by atoms with Gasteiger partial charge in [0, 0.05) is 32.5 Å². The van der Waals surface area contributed by atoms with Crippen LogP contribution in [-0.4, -0.2) is 44.0 Å². The molecule has 38 heavy (non-hydrogen) atoms. The summed E-state index contributed by atoms with van der Waals surface area (Å²) in [5.74, 6) is 2.05. The molecule has 0 bridgehead atoms. The Morgan fingerprint density at radius 2 is 1.89 bits per heavy atom. The van der Waals surface area contributed by atoms with E-state index < -0.39 is 8.07 Å². The molecule has 0 atom stereocenters. The molecule has 0 saturated heterocycles. The molecule has 0 unspecified atom stereocenters. The number of aryl methyl sites for hydroxylation is 1. The molecule has 0 spiro atoms. The Hall–Kier alpha value is -3.53. The molecule has 0 fully saturated rings. The number of rotatable bonds is 10. The maximum atomic E-state index is 6.78. The molecular weight excluding hydrogens is 516 g/mol. The molecule has 0 saturated carbocycles. The largest absolute Gasteiger partial charge is 0.456 e. The van der Waals surface area contributed by atoms with Gasteiger partial charge in [-0.3, -0.25) is 9.67 Å². The zero-order valence-corrected chi connectivity index (χ0v) is 23.9. The van der Waals surface area contributed by atoms with Gasteiger partial charge in [-0.25, -0.2) is 9.97 Å². The first-order chi connectivity index (χ1) is 18.2. The standard InChI is InChI=1S/C28H31ClN6O2Si/c1-6-11-34-17-20(15-31-34)24-16-30-23-9-10-26(27(29)28(23)33-24)37-21-7-8-22-25(14-21)35(19(2)32-22)18-36-12-13-38(3,4)5/h6-10,14-17H,1,11-13,18H2,2-5H3. The van der Waals surface area contributed by atoms with E-state index in [4.69, 9.17) is 26.1 Å². The van der Waals surface area contributed by atoms with E-state index in [0.717, 1.165) is 35.1 Å². The summed E-state index contributed by atoms with van der Waals surface area (Å²) in [6.45, 7) is 14.6. The maximum absolute atomic E-state index is 6.78. The summed E-state index contributed by atoms with van der Waals surface area (Å²) in [7, 11) is -1.15. The minimum Gasteiger partial charge on any atom is -0.456 e. The van der Waals surface area contributed by atoms with Crippen molar-refractivity contribution in [1.82, 2.24) is 29.3 Å². The van der Waals surface area contributed by atoms with Gasteiger partial charge in [-0.2, -0.15) is 5.10 Å². The molecule has 8 nitrogen and oxygen atoms in total. The molecule has 3 heterocycles. The van der Waals surface area contributed by atoms with Crippen LogP contribution in [0, 0.1) is 6.92 Å². The number of ether oxygens (including phenoxy) is 2. The average Bonchev–Trinajstić information content (AvgIpc) is 3.47. The first-order valence-electron chi connectivity index (χ1n) is 12.5. The van der Waals surface area contributed by atoms with Crippen LogP contribution in [0.25, 0.3) is 33.3 Å². The molecule has 0 aliphatic heterocycles. The molecule has 10 heteroatoms. The Labute approximate surface area is 227 Å². The van der Waals surface area contributed by atoms with E-state index >= 15 is 0 Å². The molecule has 196 valence electrons. The fourth-order valence-corrected chi connectivity index (χ4v) is 5.08. The molecule has 3 aromatic heterocycles. The number of imidazole rings is 1. The number of allylic oxidation sites excluding steroid dienone is 1. The second kappa shape index (κ2) is 10.7. The van der Waals surface area contributed by atoms with Gasteiger partial charge in [-0.1, -0.05) is 37.3 Å². The van der Waals surface area contributed by atoms with Crippen molar-refractivity contribution in [3.05, 3.63) is 72.4 Å². The maximum Gasteiger partial charge on any atom is 0.148 e. The third-order valence-electron chi connectivity index (χ3n) is 6.22. The van der Waals surface area contributed by atoms with Crippen LogP contribution in [0.4, 0.5) is 0 Å². The number of hydrogen-bond acceptors (Lipinski definition) is 6. The minimum atomic E-state index is -1.15. The molecule has 5 rings (SSSR count). The number of hydrogen-bond donors (Lipinski definition) is 0. The highest BCUT2D eigenvalue weighted by molar-refractivity contribution is 6.76. The van der Waals surface area contributed by atoms with E-state index in [1.165, 1.54) is 0 Å². The lowest BCUT2D eigenvalue weighted by Crippen LogP contribution is -2.22. The van der Waals surface area contributed by atoms with Gasteiger partial charge in [-0.05, 0) is 37.2 Å². The first kappa shape index (κ1) is 26.1. The van der Waals surface area contributed by atoms with Crippen molar-refractivity contribution >= 4 is 41.7 Å². The molecular formula is C28H31ClN6O2Si. The molecule has 2 aromatic carbocycles. The first-order valence-corrected chi connectivity index (χ1v) is 16.6. The number of benzene rings is 2. The minimum absolute atomic E-state index is 0.398. The van der Waals surface area contributed by atoms with Crippen LogP contribution < -0.4 is 4.74 Å². The molecule has 0 amide bonds. The summed E-state index contributed by atoms with van der Waals surface area (Å²) in [6.07, 6.45) is 7.16. The molecule has 5 aromatic rings. The zero-order chi connectivity index (χ0) is 26.9. The lowest BCUT2D eigenvalue weighted by atomic mass is 10.2. The summed E-state index contributed by atoms with van der Waals surface area (Å²) in [5.41, 5.74) is 4.62. The van der Waals surface area contributed by atoms with Crippen molar-refractivity contribution in [2.75, 3.05) is 6.61 Å². The quantitative estimate of drug-likeness (QED) is 0.106. The Bertz CT molecular complexity index is 1620. The van der Waals surface area contributed by atoms with Crippen molar-refractivity contribution in [3.63, 3.8) is 0 Å². The van der Waals surface area contributed by atoms with E-state index in [0.29, 0.717) is 46.5 Å². The SMILES string of the molecule is C=CCn1cc(-c2cnc3ccc(Oc4ccc5nc(C)n(COCC[Si](C)(C)C)c5c4)c(Cl)c3n2)cn1. The van der Waals surface area contributed by atoms with Gasteiger partial charge in [0.25, 0.3) is 0 Å². The van der Waals surface area contributed by atoms with Crippen LogP contribution >= 0.6 is 11.6 Å². The number of fused-ring (bicyclic) bond motifs is 2. The predicted molar refractivity (Wildman–Crippen MR) is 155 cm³/mol. The molecule has 0 N–H and O–H groups in total. The highest BCUT2D eigenvalue weighted by Gasteiger charge is 2.15. The summed E-state index contributed by atoms with van der Waals surface area (Å²) >= 11 is 6.78. The fraction of sp³-hybridized carbons (Fsp3) is 0.286. The number of halogens is 1. The van der Waals surface area contributed by atoms with Gasteiger partial charge >= 0.3 is 0 Å². The van der Waals surface area contributed by atoms with Crippen LogP contribution in [0.1, 0.15) is 5.82 Å². The third kappa shape index (κ3) is 5.64. The van der Waals surface area contributed by atoms with Crippen molar-refractivity contribution in [2.45, 2.75) is 45.9 Å². The smallest absolute Gasteiger partial charge is 0.148 e. The zero-order valence-electron chi connectivity index (χ0n) is 22.1. The average molecular weight is 547 g/mol. The number of nitrogens with zero attached hydrogens (tertiary/aromatic N) is 6. The molecule has 0 aliphatic carbocycles. The third-order valence-corrected chi connectivity index (χ3v) is 8.29. The van der Waals surface area contributed by atoms with Crippen molar-refractivity contribution < 1.29 is 9.47 Å². The van der Waals surface area contributed by atoms with Crippen LogP contribution in [0.3, 0.4) is 0 Å². The molecule has 0 aliphatic rings. The summed E-state index contributed by atoms with van der Waals surface area (Å²) in [6, 6.07) is 10.6. The highest BCUT2D eigenvalue weighted by Crippen LogP contribution is 2.36. The summed E-state index contributed by atoms with van der Waals surface area (Å²) < 4.78 is 16.1. The highest BCUT2D eigenvalue weighted by atomic mass is 35.5. The predicted octanol–water partition coefficient (Wildman–Crippen LogP) is 7.10. The van der Waals surface area contributed by atoms with Gasteiger partial charge in [0.15, 0.2) is 0 Å². The van der Waals surface area contributed by atoms with Crippen LogP contribution in [0.15, 0.2) is 61.6 Å². The van der Waals surface area contributed by atoms with E-state index in [1.807, 2.05) is 43.5 Å². The second-order valence-electron chi connectivity index (χ2n) is 10.4. The lowest BCUT2D eigenvalue weighted by molar-refractivity contribution is 0.0885. The van der Waals surface area contributed by atoms with Crippen molar-refractivity contribution in [2.24, 2.45) is 0 Å². The van der Waals surface area contributed by atoms with Crippen molar-refractivity contribution in [1.29, 1.82) is 0 Å². The Morgan fingerprint density at radius 1 is 1.08 bits per heavy atom. The number of aromatic nitrogens is 6. The Morgan fingerprint density at radius 3 is 2.68 bits per heavy atom. The van der Waals surface area contributed by atoms with Gasteiger partial charge in [-0.15, -0.1) is 6.58 Å². The summed E-state index contributed by atoms with van der Waals surface area (Å²) in [5, 5.41) is 4.73. The van der Waals surface area contributed by atoms with Crippen molar-refractivity contribution in [3.8, 4) is 22.8 Å². The van der Waals surface area contributed by atoms with Crippen LogP contribution in [-0.2, 0) is 18.0 Å². The van der Waals surface area contributed by atoms with E-state index in [2.05, 4.69) is 45.9 Å². The van der Waals surface area contributed by atoms with E-state index in [9.17, 15) is 0 Å². The lowest BCUT2D eigenvalue weighted by Gasteiger charge is -2.16. The second-order valence-corrected chi connectivity index (χ2v) is 16.4. The van der Waals surface area contributed by atoms with Crippen LogP contribution in [0.5, 0.6) is 11.5 Å². The normalized spacial score (nSPS) is 11.9. The van der Waals surface area contributed by atoms with Gasteiger partial charge in [0.05, 0.1) is 41.2 Å². The van der Waals surface area contributed by atoms with Gasteiger partial charge in [0.1, 0.15) is 34.6 Å². The van der Waals surface area contributed by atoms with E-state index in [1.54, 1.807) is 23.2 Å².